The monoisotopic (exact) mass is 263 g/mol. The predicted octanol–water partition coefficient (Wildman–Crippen LogP) is 4.34. The van der Waals surface area contributed by atoms with Gasteiger partial charge in [0, 0.05) is 16.2 Å². The maximum atomic E-state index is 3.74. The van der Waals surface area contributed by atoms with Crippen molar-refractivity contribution in [3.63, 3.8) is 0 Å². The third-order valence-corrected chi connectivity index (χ3v) is 5.11. The quantitative estimate of drug-likeness (QED) is 0.848. The van der Waals surface area contributed by atoms with Crippen LogP contribution in [-0.4, -0.2) is 17.8 Å². The van der Waals surface area contributed by atoms with E-state index in [2.05, 4.69) is 61.3 Å². The molecule has 0 amide bonds. The van der Waals surface area contributed by atoms with Crippen LogP contribution in [0.3, 0.4) is 0 Å². The molecule has 1 saturated carbocycles. The highest BCUT2D eigenvalue weighted by molar-refractivity contribution is 8.00. The Balaban J connectivity index is 1.96. The minimum atomic E-state index is 0.700. The van der Waals surface area contributed by atoms with Gasteiger partial charge in [-0.25, -0.2) is 0 Å². The summed E-state index contributed by atoms with van der Waals surface area (Å²) in [6.45, 7) is 5.80. The van der Waals surface area contributed by atoms with Crippen LogP contribution in [0.4, 0.5) is 0 Å². The molecule has 0 aromatic heterocycles. The van der Waals surface area contributed by atoms with E-state index in [4.69, 9.17) is 0 Å². The van der Waals surface area contributed by atoms with Crippen molar-refractivity contribution in [2.75, 3.05) is 6.54 Å². The van der Waals surface area contributed by atoms with Crippen LogP contribution in [0.5, 0.6) is 0 Å². The topological polar surface area (TPSA) is 12.0 Å². The molecule has 1 aliphatic carbocycles. The van der Waals surface area contributed by atoms with E-state index in [-0.39, 0.29) is 0 Å². The maximum Gasteiger partial charge on any atom is 0.0250 e. The molecular formula is C16H25NS. The lowest BCUT2D eigenvalue weighted by Crippen LogP contribution is -2.42. The normalized spacial score (nSPS) is 28.2. The van der Waals surface area contributed by atoms with Crippen LogP contribution in [0.25, 0.3) is 0 Å². The molecule has 0 spiro atoms. The molecule has 3 atom stereocenters. The molecule has 0 saturated heterocycles. The Hall–Kier alpha value is -0.470. The second-order valence-corrected chi connectivity index (χ2v) is 6.76. The first-order chi connectivity index (χ1) is 8.79. The fraction of sp³-hybridized carbons (Fsp3) is 0.625. The van der Waals surface area contributed by atoms with Crippen LogP contribution in [0.1, 0.15) is 39.5 Å². The highest BCUT2D eigenvalue weighted by atomic mass is 32.2. The number of benzene rings is 1. The zero-order valence-electron chi connectivity index (χ0n) is 11.6. The number of hydrogen-bond acceptors (Lipinski definition) is 2. The molecule has 1 aliphatic rings. The molecule has 0 heterocycles. The molecule has 18 heavy (non-hydrogen) atoms. The van der Waals surface area contributed by atoms with Crippen LogP contribution in [0, 0.1) is 5.92 Å². The summed E-state index contributed by atoms with van der Waals surface area (Å²) in [6.07, 6.45) is 5.30. The summed E-state index contributed by atoms with van der Waals surface area (Å²) < 4.78 is 0. The van der Waals surface area contributed by atoms with Gasteiger partial charge in [0.15, 0.2) is 0 Å². The molecule has 0 aliphatic heterocycles. The molecule has 1 nitrogen and oxygen atoms in total. The number of thioether (sulfide) groups is 1. The predicted molar refractivity (Wildman–Crippen MR) is 81.2 cm³/mol. The molecule has 1 N–H and O–H groups in total. The number of nitrogens with one attached hydrogen (secondary N) is 1. The molecule has 100 valence electrons. The Kier molecular flexibility index (Phi) is 5.58. The van der Waals surface area contributed by atoms with E-state index in [0.717, 1.165) is 17.7 Å². The summed E-state index contributed by atoms with van der Waals surface area (Å²) in [4.78, 5) is 1.42. The van der Waals surface area contributed by atoms with E-state index in [1.54, 1.807) is 0 Å². The number of hydrogen-bond donors (Lipinski definition) is 1. The van der Waals surface area contributed by atoms with Crippen molar-refractivity contribution >= 4 is 11.8 Å². The van der Waals surface area contributed by atoms with Gasteiger partial charge < -0.3 is 5.32 Å². The van der Waals surface area contributed by atoms with E-state index in [1.807, 2.05) is 0 Å². The smallest absolute Gasteiger partial charge is 0.0250 e. The van der Waals surface area contributed by atoms with Crippen LogP contribution >= 0.6 is 11.8 Å². The fourth-order valence-electron chi connectivity index (χ4n) is 2.70. The van der Waals surface area contributed by atoms with Crippen LogP contribution in [0.15, 0.2) is 35.2 Å². The van der Waals surface area contributed by atoms with E-state index in [0.29, 0.717) is 6.04 Å². The molecule has 3 unspecified atom stereocenters. The minimum Gasteiger partial charge on any atom is -0.313 e. The Bertz CT molecular complexity index is 336. The Morgan fingerprint density at radius 1 is 1.22 bits per heavy atom. The van der Waals surface area contributed by atoms with Gasteiger partial charge in [0.1, 0.15) is 0 Å². The van der Waals surface area contributed by atoms with E-state index >= 15 is 0 Å². The third-order valence-electron chi connectivity index (χ3n) is 3.74. The zero-order chi connectivity index (χ0) is 12.8. The lowest BCUT2D eigenvalue weighted by molar-refractivity contribution is 0.317. The van der Waals surface area contributed by atoms with Crippen LogP contribution in [0.2, 0.25) is 0 Å². The molecule has 1 fully saturated rings. The van der Waals surface area contributed by atoms with Crippen molar-refractivity contribution in [1.29, 1.82) is 0 Å². The summed E-state index contributed by atoms with van der Waals surface area (Å²) in [5.41, 5.74) is 0. The molecule has 1 aromatic rings. The van der Waals surface area contributed by atoms with Gasteiger partial charge in [0.25, 0.3) is 0 Å². The molecule has 1 aromatic carbocycles. The first-order valence-electron chi connectivity index (χ1n) is 7.24. The van der Waals surface area contributed by atoms with E-state index in [9.17, 15) is 0 Å². The third kappa shape index (κ3) is 4.03. The molecule has 0 radical (unpaired) electrons. The molecule has 2 heteroatoms. The highest BCUT2D eigenvalue weighted by Crippen LogP contribution is 2.36. The zero-order valence-corrected chi connectivity index (χ0v) is 12.4. The highest BCUT2D eigenvalue weighted by Gasteiger charge is 2.28. The Morgan fingerprint density at radius 3 is 2.72 bits per heavy atom. The molecule has 0 bridgehead atoms. The van der Waals surface area contributed by atoms with Gasteiger partial charge in [0.05, 0.1) is 0 Å². The van der Waals surface area contributed by atoms with Crippen molar-refractivity contribution in [2.24, 2.45) is 5.92 Å². The maximum absolute atomic E-state index is 3.74. The standard InChI is InChI=1S/C16H25NS/c1-3-11-17-15-10-9-13(2)12-16(15)18-14-7-5-4-6-8-14/h4-8,13,15-17H,3,9-12H2,1-2H3. The van der Waals surface area contributed by atoms with Gasteiger partial charge in [-0.3, -0.25) is 0 Å². The van der Waals surface area contributed by atoms with E-state index in [1.165, 1.54) is 30.6 Å². The second kappa shape index (κ2) is 7.20. The van der Waals surface area contributed by atoms with Crippen molar-refractivity contribution in [3.8, 4) is 0 Å². The van der Waals surface area contributed by atoms with Crippen molar-refractivity contribution in [3.05, 3.63) is 30.3 Å². The van der Waals surface area contributed by atoms with Gasteiger partial charge in [-0.15, -0.1) is 11.8 Å². The SMILES string of the molecule is CCCNC1CCC(C)CC1Sc1ccccc1. The first-order valence-corrected chi connectivity index (χ1v) is 8.12. The first kappa shape index (κ1) is 14.0. The largest absolute Gasteiger partial charge is 0.313 e. The van der Waals surface area contributed by atoms with E-state index < -0.39 is 0 Å². The van der Waals surface area contributed by atoms with Gasteiger partial charge in [-0.05, 0) is 50.3 Å². The number of rotatable bonds is 5. The van der Waals surface area contributed by atoms with Gasteiger partial charge in [-0.1, -0.05) is 32.0 Å². The Morgan fingerprint density at radius 2 is 2.00 bits per heavy atom. The molecular weight excluding hydrogens is 238 g/mol. The van der Waals surface area contributed by atoms with Crippen molar-refractivity contribution in [1.82, 2.24) is 5.32 Å². The van der Waals surface area contributed by atoms with Gasteiger partial charge in [0.2, 0.25) is 0 Å². The summed E-state index contributed by atoms with van der Waals surface area (Å²) in [6, 6.07) is 11.6. The summed E-state index contributed by atoms with van der Waals surface area (Å²) in [5, 5.41) is 4.48. The lowest BCUT2D eigenvalue weighted by Gasteiger charge is -2.35. The fourth-order valence-corrected chi connectivity index (χ4v) is 4.18. The average molecular weight is 263 g/mol. The van der Waals surface area contributed by atoms with Crippen LogP contribution < -0.4 is 5.32 Å². The minimum absolute atomic E-state index is 0.700. The van der Waals surface area contributed by atoms with Crippen molar-refractivity contribution in [2.45, 2.75) is 55.7 Å². The van der Waals surface area contributed by atoms with Gasteiger partial charge in [-0.2, -0.15) is 0 Å². The summed E-state index contributed by atoms with van der Waals surface area (Å²) in [5.74, 6) is 0.880. The summed E-state index contributed by atoms with van der Waals surface area (Å²) in [7, 11) is 0. The second-order valence-electron chi connectivity index (χ2n) is 5.45. The Labute approximate surface area is 116 Å². The van der Waals surface area contributed by atoms with Crippen molar-refractivity contribution < 1.29 is 0 Å². The summed E-state index contributed by atoms with van der Waals surface area (Å²) >= 11 is 2.06. The molecule has 2 rings (SSSR count). The van der Waals surface area contributed by atoms with Crippen LogP contribution in [-0.2, 0) is 0 Å². The average Bonchev–Trinajstić information content (AvgIpc) is 2.39. The lowest BCUT2D eigenvalue weighted by atomic mass is 9.87. The van der Waals surface area contributed by atoms with Gasteiger partial charge >= 0.3 is 0 Å².